The van der Waals surface area contributed by atoms with E-state index < -0.39 is 28.1 Å². The topological polar surface area (TPSA) is 85.3 Å². The van der Waals surface area contributed by atoms with Crippen LogP contribution in [0.5, 0.6) is 5.75 Å². The summed E-state index contributed by atoms with van der Waals surface area (Å²) in [6, 6.07) is 13.0. The average Bonchev–Trinajstić information content (AvgIpc) is 3.14. The SMILES string of the molecule is COC(=O)[C@H]1N=CN(S(=O)(=O)c2ccccc2)[C@@H]1c1ccc(OC)cc1. The fraction of sp³-hybridized carbons (Fsp3) is 0.222. The second kappa shape index (κ2) is 7.17. The maximum Gasteiger partial charge on any atom is 0.333 e. The Labute approximate surface area is 151 Å². The van der Waals surface area contributed by atoms with Crippen LogP contribution in [0.4, 0.5) is 0 Å². The zero-order valence-electron chi connectivity index (χ0n) is 14.3. The number of methoxy groups -OCH3 is 2. The Morgan fingerprint density at radius 3 is 2.27 bits per heavy atom. The van der Waals surface area contributed by atoms with Gasteiger partial charge in [0.1, 0.15) is 18.1 Å². The van der Waals surface area contributed by atoms with Crippen molar-refractivity contribution in [3.8, 4) is 5.75 Å². The minimum absolute atomic E-state index is 0.121. The molecule has 2 aromatic carbocycles. The number of aliphatic imine (C=N–C) groups is 1. The van der Waals surface area contributed by atoms with Gasteiger partial charge in [0.15, 0.2) is 6.04 Å². The summed E-state index contributed by atoms with van der Waals surface area (Å²) in [7, 11) is -1.10. The van der Waals surface area contributed by atoms with Crippen LogP contribution >= 0.6 is 0 Å². The average molecular weight is 374 g/mol. The maximum absolute atomic E-state index is 13.1. The Bertz CT molecular complexity index is 910. The fourth-order valence-electron chi connectivity index (χ4n) is 2.80. The van der Waals surface area contributed by atoms with Crippen LogP contribution in [0.3, 0.4) is 0 Å². The summed E-state index contributed by atoms with van der Waals surface area (Å²) in [6.07, 6.45) is 1.18. The van der Waals surface area contributed by atoms with E-state index in [1.54, 1.807) is 42.5 Å². The van der Waals surface area contributed by atoms with E-state index in [0.29, 0.717) is 11.3 Å². The number of esters is 1. The lowest BCUT2D eigenvalue weighted by Gasteiger charge is -2.27. The van der Waals surface area contributed by atoms with Crippen molar-refractivity contribution in [2.24, 2.45) is 4.99 Å². The number of hydrogen-bond donors (Lipinski definition) is 0. The third-order valence-electron chi connectivity index (χ3n) is 4.13. The monoisotopic (exact) mass is 374 g/mol. The molecule has 0 unspecified atom stereocenters. The van der Waals surface area contributed by atoms with Gasteiger partial charge in [-0.15, -0.1) is 0 Å². The normalized spacial score (nSPS) is 19.4. The van der Waals surface area contributed by atoms with E-state index in [1.807, 2.05) is 0 Å². The van der Waals surface area contributed by atoms with E-state index >= 15 is 0 Å². The van der Waals surface area contributed by atoms with Gasteiger partial charge in [-0.2, -0.15) is 0 Å². The Balaban J connectivity index is 2.05. The standard InChI is InChI=1S/C18H18N2O5S/c1-24-14-10-8-13(9-11-14)17-16(18(21)25-2)19-12-20(17)26(22,23)15-6-4-3-5-7-15/h3-12,16-17H,1-2H3/t16-,17+/m0/s1. The molecule has 2 aromatic rings. The third kappa shape index (κ3) is 3.15. The van der Waals surface area contributed by atoms with Gasteiger partial charge in [0.05, 0.1) is 19.1 Å². The molecule has 0 fully saturated rings. The molecule has 0 spiro atoms. The van der Waals surface area contributed by atoms with Crippen molar-refractivity contribution in [3.63, 3.8) is 0 Å². The molecule has 26 heavy (non-hydrogen) atoms. The summed E-state index contributed by atoms with van der Waals surface area (Å²) < 4.78 is 37.1. The van der Waals surface area contributed by atoms with Gasteiger partial charge in [-0.25, -0.2) is 17.5 Å². The maximum atomic E-state index is 13.1. The van der Waals surface area contributed by atoms with Gasteiger partial charge in [-0.1, -0.05) is 30.3 Å². The van der Waals surface area contributed by atoms with E-state index in [2.05, 4.69) is 4.99 Å². The molecule has 0 N–H and O–H groups in total. The molecule has 1 aliphatic heterocycles. The first-order valence-corrected chi connectivity index (χ1v) is 9.26. The molecule has 1 heterocycles. The number of carbonyl (C=O) groups excluding carboxylic acids is 1. The molecule has 0 saturated heterocycles. The lowest BCUT2D eigenvalue weighted by atomic mass is 10.0. The lowest BCUT2D eigenvalue weighted by Crippen LogP contribution is -2.37. The second-order valence-electron chi connectivity index (χ2n) is 5.60. The number of nitrogens with zero attached hydrogens (tertiary/aromatic N) is 2. The minimum Gasteiger partial charge on any atom is -0.497 e. The molecular formula is C18H18N2O5S. The summed E-state index contributed by atoms with van der Waals surface area (Å²) >= 11 is 0. The van der Waals surface area contributed by atoms with Crippen LogP contribution in [0, 0.1) is 0 Å². The predicted molar refractivity (Wildman–Crippen MR) is 95.5 cm³/mol. The number of benzene rings is 2. The molecule has 0 aliphatic carbocycles. The van der Waals surface area contributed by atoms with Crippen molar-refractivity contribution in [2.75, 3.05) is 14.2 Å². The van der Waals surface area contributed by atoms with Gasteiger partial charge in [0, 0.05) is 0 Å². The summed E-state index contributed by atoms with van der Waals surface area (Å²) in [5, 5.41) is 0. The van der Waals surface area contributed by atoms with Crippen molar-refractivity contribution in [3.05, 3.63) is 60.2 Å². The molecule has 7 nitrogen and oxygen atoms in total. The van der Waals surface area contributed by atoms with Gasteiger partial charge < -0.3 is 9.47 Å². The Morgan fingerprint density at radius 1 is 1.04 bits per heavy atom. The Kier molecular flexibility index (Phi) is 4.94. The van der Waals surface area contributed by atoms with E-state index in [-0.39, 0.29) is 4.90 Å². The van der Waals surface area contributed by atoms with Crippen LogP contribution in [0.2, 0.25) is 0 Å². The van der Waals surface area contributed by atoms with Crippen LogP contribution in [-0.2, 0) is 19.6 Å². The zero-order chi connectivity index (χ0) is 18.7. The quantitative estimate of drug-likeness (QED) is 0.748. The van der Waals surface area contributed by atoms with Gasteiger partial charge >= 0.3 is 5.97 Å². The van der Waals surface area contributed by atoms with Crippen LogP contribution < -0.4 is 4.74 Å². The minimum atomic E-state index is -3.88. The van der Waals surface area contributed by atoms with Gasteiger partial charge in [-0.3, -0.25) is 4.99 Å². The largest absolute Gasteiger partial charge is 0.497 e. The highest BCUT2D eigenvalue weighted by molar-refractivity contribution is 7.89. The zero-order valence-corrected chi connectivity index (χ0v) is 15.1. The first kappa shape index (κ1) is 17.9. The molecule has 8 heteroatoms. The van der Waals surface area contributed by atoms with E-state index in [4.69, 9.17) is 9.47 Å². The molecular weight excluding hydrogens is 356 g/mol. The van der Waals surface area contributed by atoms with Crippen LogP contribution in [0.25, 0.3) is 0 Å². The second-order valence-corrected chi connectivity index (χ2v) is 7.44. The van der Waals surface area contributed by atoms with Crippen molar-refractivity contribution in [2.45, 2.75) is 17.0 Å². The Morgan fingerprint density at radius 2 is 1.69 bits per heavy atom. The highest BCUT2D eigenvalue weighted by Crippen LogP contribution is 2.35. The van der Waals surface area contributed by atoms with Crippen molar-refractivity contribution < 1.29 is 22.7 Å². The molecule has 0 aromatic heterocycles. The molecule has 3 rings (SSSR count). The van der Waals surface area contributed by atoms with Crippen molar-refractivity contribution >= 4 is 22.3 Å². The van der Waals surface area contributed by atoms with Crippen molar-refractivity contribution in [1.29, 1.82) is 0 Å². The fourth-order valence-corrected chi connectivity index (χ4v) is 4.26. The van der Waals surface area contributed by atoms with Gasteiger partial charge in [0.25, 0.3) is 10.0 Å². The summed E-state index contributed by atoms with van der Waals surface area (Å²) in [4.78, 5) is 16.4. The van der Waals surface area contributed by atoms with Crippen molar-refractivity contribution in [1.82, 2.24) is 4.31 Å². The predicted octanol–water partition coefficient (Wildman–Crippen LogP) is 2.01. The Hall–Kier alpha value is -2.87. The number of sulfonamides is 1. The lowest BCUT2D eigenvalue weighted by molar-refractivity contribution is -0.142. The summed E-state index contributed by atoms with van der Waals surface area (Å²) in [5.74, 6) is 0.0209. The highest BCUT2D eigenvalue weighted by atomic mass is 32.2. The molecule has 136 valence electrons. The molecule has 0 bridgehead atoms. The molecule has 2 atom stereocenters. The number of carbonyl (C=O) groups is 1. The molecule has 0 saturated carbocycles. The first-order valence-electron chi connectivity index (χ1n) is 7.82. The molecule has 0 radical (unpaired) electrons. The van der Waals surface area contributed by atoms with E-state index in [0.717, 1.165) is 4.31 Å². The highest BCUT2D eigenvalue weighted by Gasteiger charge is 2.43. The van der Waals surface area contributed by atoms with Crippen LogP contribution in [0.15, 0.2) is 64.5 Å². The summed E-state index contributed by atoms with van der Waals surface area (Å²) in [5.41, 5.74) is 0.609. The number of ether oxygens (including phenoxy) is 2. The van der Waals surface area contributed by atoms with Gasteiger partial charge in [-0.05, 0) is 29.8 Å². The number of hydrogen-bond acceptors (Lipinski definition) is 6. The third-order valence-corrected chi connectivity index (χ3v) is 5.88. The summed E-state index contributed by atoms with van der Waals surface area (Å²) in [6.45, 7) is 0. The van der Waals surface area contributed by atoms with Crippen LogP contribution in [0.1, 0.15) is 11.6 Å². The number of rotatable bonds is 5. The van der Waals surface area contributed by atoms with Crippen LogP contribution in [-0.4, -0.2) is 45.3 Å². The first-order chi connectivity index (χ1) is 12.5. The molecule has 1 aliphatic rings. The smallest absolute Gasteiger partial charge is 0.333 e. The van der Waals surface area contributed by atoms with Gasteiger partial charge in [0.2, 0.25) is 0 Å². The van der Waals surface area contributed by atoms with E-state index in [1.165, 1.54) is 32.7 Å². The van der Waals surface area contributed by atoms with E-state index in [9.17, 15) is 13.2 Å². The molecule has 0 amide bonds.